The zero-order valence-electron chi connectivity index (χ0n) is 10.6. The predicted octanol–water partition coefficient (Wildman–Crippen LogP) is 1.10. The molecule has 6 heteroatoms. The number of carboxylic acid groups (broad SMARTS) is 1. The number of nitrogens with zero attached hydrogens (tertiary/aromatic N) is 1. The summed E-state index contributed by atoms with van der Waals surface area (Å²) < 4.78 is 0. The summed E-state index contributed by atoms with van der Waals surface area (Å²) in [5.74, 6) is -0.0429. The van der Waals surface area contributed by atoms with Crippen molar-refractivity contribution in [3.8, 4) is 0 Å². The first-order chi connectivity index (χ1) is 9.00. The SMILES string of the molecule is Cc1ccc(C(N)=O)c(N2CCSCC2C(=O)O)c1. The van der Waals surface area contributed by atoms with E-state index in [0.29, 0.717) is 23.5 Å². The largest absolute Gasteiger partial charge is 0.480 e. The quantitative estimate of drug-likeness (QED) is 0.866. The van der Waals surface area contributed by atoms with Crippen LogP contribution in [0.15, 0.2) is 18.2 Å². The van der Waals surface area contributed by atoms with Gasteiger partial charge in [-0.1, -0.05) is 6.07 Å². The fourth-order valence-electron chi connectivity index (χ4n) is 2.18. The van der Waals surface area contributed by atoms with Crippen LogP contribution in [0.4, 0.5) is 5.69 Å². The van der Waals surface area contributed by atoms with Crippen LogP contribution in [-0.2, 0) is 4.79 Å². The van der Waals surface area contributed by atoms with Crippen LogP contribution >= 0.6 is 11.8 Å². The van der Waals surface area contributed by atoms with Gasteiger partial charge in [0.2, 0.25) is 0 Å². The average Bonchev–Trinajstić information content (AvgIpc) is 2.38. The first-order valence-electron chi connectivity index (χ1n) is 5.98. The number of aliphatic carboxylic acids is 1. The smallest absolute Gasteiger partial charge is 0.327 e. The number of carboxylic acids is 1. The van der Waals surface area contributed by atoms with Crippen molar-refractivity contribution in [2.24, 2.45) is 5.73 Å². The van der Waals surface area contributed by atoms with Crippen LogP contribution in [0.2, 0.25) is 0 Å². The molecule has 5 nitrogen and oxygen atoms in total. The minimum Gasteiger partial charge on any atom is -0.480 e. The fraction of sp³-hybridized carbons (Fsp3) is 0.385. The number of amides is 1. The molecular formula is C13H16N2O3S. The van der Waals surface area contributed by atoms with Gasteiger partial charge in [-0.3, -0.25) is 4.79 Å². The van der Waals surface area contributed by atoms with Gasteiger partial charge in [0.15, 0.2) is 0 Å². The molecule has 1 atom stereocenters. The maximum atomic E-state index is 11.5. The summed E-state index contributed by atoms with van der Waals surface area (Å²) >= 11 is 1.61. The molecular weight excluding hydrogens is 264 g/mol. The molecule has 102 valence electrons. The predicted molar refractivity (Wildman–Crippen MR) is 75.8 cm³/mol. The first-order valence-corrected chi connectivity index (χ1v) is 7.14. The van der Waals surface area contributed by atoms with Crippen LogP contribution < -0.4 is 10.6 Å². The van der Waals surface area contributed by atoms with Gasteiger partial charge in [0.1, 0.15) is 6.04 Å². The van der Waals surface area contributed by atoms with Crippen molar-refractivity contribution in [1.29, 1.82) is 0 Å². The second kappa shape index (κ2) is 5.52. The minimum atomic E-state index is -0.871. The van der Waals surface area contributed by atoms with Crippen molar-refractivity contribution in [2.45, 2.75) is 13.0 Å². The van der Waals surface area contributed by atoms with E-state index in [2.05, 4.69) is 0 Å². The Morgan fingerprint density at radius 3 is 2.84 bits per heavy atom. The highest BCUT2D eigenvalue weighted by atomic mass is 32.2. The lowest BCUT2D eigenvalue weighted by Crippen LogP contribution is -2.48. The molecule has 1 aliphatic rings. The van der Waals surface area contributed by atoms with Crippen molar-refractivity contribution in [3.05, 3.63) is 29.3 Å². The Morgan fingerprint density at radius 2 is 2.21 bits per heavy atom. The third kappa shape index (κ3) is 2.84. The molecule has 3 N–H and O–H groups in total. The first kappa shape index (κ1) is 13.7. The number of benzene rings is 1. The number of aryl methyl sites for hydroxylation is 1. The Kier molecular flexibility index (Phi) is 3.99. The lowest BCUT2D eigenvalue weighted by atomic mass is 10.1. The number of anilines is 1. The normalized spacial score (nSPS) is 19.2. The van der Waals surface area contributed by atoms with Crippen LogP contribution in [0.1, 0.15) is 15.9 Å². The molecule has 0 saturated carbocycles. The van der Waals surface area contributed by atoms with Gasteiger partial charge in [0.05, 0.1) is 11.3 Å². The zero-order valence-corrected chi connectivity index (χ0v) is 11.4. The highest BCUT2D eigenvalue weighted by Crippen LogP contribution is 2.28. The van der Waals surface area contributed by atoms with E-state index in [-0.39, 0.29) is 0 Å². The molecule has 1 aliphatic heterocycles. The summed E-state index contributed by atoms with van der Waals surface area (Å²) in [6.07, 6.45) is 0. The van der Waals surface area contributed by atoms with Gasteiger partial charge in [-0.25, -0.2) is 4.79 Å². The van der Waals surface area contributed by atoms with Gasteiger partial charge < -0.3 is 15.7 Å². The van der Waals surface area contributed by atoms with E-state index in [9.17, 15) is 14.7 Å². The molecule has 0 bridgehead atoms. The molecule has 1 heterocycles. The molecule has 0 spiro atoms. The van der Waals surface area contributed by atoms with Gasteiger partial charge in [-0.15, -0.1) is 0 Å². The number of carbonyl (C=O) groups excluding carboxylic acids is 1. The molecule has 0 aliphatic carbocycles. The maximum Gasteiger partial charge on any atom is 0.327 e. The Labute approximate surface area is 115 Å². The Balaban J connectivity index is 2.46. The maximum absolute atomic E-state index is 11.5. The second-order valence-corrected chi connectivity index (χ2v) is 5.66. The van der Waals surface area contributed by atoms with E-state index in [1.165, 1.54) is 0 Å². The summed E-state index contributed by atoms with van der Waals surface area (Å²) in [5, 5.41) is 9.30. The van der Waals surface area contributed by atoms with Crippen LogP contribution in [0.25, 0.3) is 0 Å². The van der Waals surface area contributed by atoms with E-state index >= 15 is 0 Å². The molecule has 1 aromatic rings. The molecule has 0 radical (unpaired) electrons. The number of primary amides is 1. The highest BCUT2D eigenvalue weighted by molar-refractivity contribution is 7.99. The monoisotopic (exact) mass is 280 g/mol. The molecule has 1 unspecified atom stereocenters. The summed E-state index contributed by atoms with van der Waals surface area (Å²) in [4.78, 5) is 24.6. The molecule has 1 fully saturated rings. The van der Waals surface area contributed by atoms with E-state index in [1.807, 2.05) is 13.0 Å². The van der Waals surface area contributed by atoms with E-state index in [0.717, 1.165) is 11.3 Å². The molecule has 2 rings (SSSR count). The van der Waals surface area contributed by atoms with E-state index in [4.69, 9.17) is 5.73 Å². The van der Waals surface area contributed by atoms with Crippen molar-refractivity contribution >= 4 is 29.3 Å². The topological polar surface area (TPSA) is 83.6 Å². The van der Waals surface area contributed by atoms with Gasteiger partial charge >= 0.3 is 5.97 Å². The number of thioether (sulfide) groups is 1. The fourth-order valence-corrected chi connectivity index (χ4v) is 3.22. The minimum absolute atomic E-state index is 0.378. The van der Waals surface area contributed by atoms with Crippen LogP contribution in [0, 0.1) is 6.92 Å². The number of hydrogen-bond donors (Lipinski definition) is 2. The van der Waals surface area contributed by atoms with Crippen molar-refractivity contribution in [2.75, 3.05) is 23.0 Å². The van der Waals surface area contributed by atoms with Crippen molar-refractivity contribution < 1.29 is 14.7 Å². The molecule has 1 amide bonds. The molecule has 1 saturated heterocycles. The number of rotatable bonds is 3. The van der Waals surface area contributed by atoms with Gasteiger partial charge in [-0.05, 0) is 24.6 Å². The summed E-state index contributed by atoms with van der Waals surface area (Å²) in [6.45, 7) is 2.51. The van der Waals surface area contributed by atoms with Gasteiger partial charge in [0, 0.05) is 18.1 Å². The van der Waals surface area contributed by atoms with Gasteiger partial charge in [0.25, 0.3) is 5.91 Å². The molecule has 19 heavy (non-hydrogen) atoms. The lowest BCUT2D eigenvalue weighted by molar-refractivity contribution is -0.138. The zero-order chi connectivity index (χ0) is 14.0. The number of nitrogens with two attached hydrogens (primary N) is 1. The van der Waals surface area contributed by atoms with Crippen LogP contribution in [0.5, 0.6) is 0 Å². The average molecular weight is 280 g/mol. The Morgan fingerprint density at radius 1 is 1.47 bits per heavy atom. The summed E-state index contributed by atoms with van der Waals surface area (Å²) in [5.41, 5.74) is 7.35. The van der Waals surface area contributed by atoms with E-state index in [1.54, 1.807) is 28.8 Å². The summed E-state index contributed by atoms with van der Waals surface area (Å²) in [7, 11) is 0. The number of hydrogen-bond acceptors (Lipinski definition) is 4. The van der Waals surface area contributed by atoms with Crippen molar-refractivity contribution in [3.63, 3.8) is 0 Å². The second-order valence-electron chi connectivity index (χ2n) is 4.51. The highest BCUT2D eigenvalue weighted by Gasteiger charge is 2.31. The van der Waals surface area contributed by atoms with Crippen LogP contribution in [-0.4, -0.2) is 41.1 Å². The molecule has 0 aromatic heterocycles. The molecule has 1 aromatic carbocycles. The van der Waals surface area contributed by atoms with Crippen molar-refractivity contribution in [1.82, 2.24) is 0 Å². The van der Waals surface area contributed by atoms with E-state index < -0.39 is 17.9 Å². The summed E-state index contributed by atoms with van der Waals surface area (Å²) in [6, 6.07) is 4.68. The third-order valence-corrected chi connectivity index (χ3v) is 4.16. The standard InChI is InChI=1S/C13H16N2O3S/c1-8-2-3-9(12(14)16)10(6-8)15-4-5-19-7-11(15)13(17)18/h2-3,6,11H,4-5,7H2,1H3,(H2,14,16)(H,17,18). The lowest BCUT2D eigenvalue weighted by Gasteiger charge is -2.35. The third-order valence-electron chi connectivity index (χ3n) is 3.14. The number of carbonyl (C=O) groups is 2. The Bertz CT molecular complexity index is 519. The Hall–Kier alpha value is -1.69. The van der Waals surface area contributed by atoms with Crippen LogP contribution in [0.3, 0.4) is 0 Å². The van der Waals surface area contributed by atoms with Gasteiger partial charge in [-0.2, -0.15) is 11.8 Å².